The van der Waals surface area contributed by atoms with Crippen LogP contribution in [-0.4, -0.2) is 12.1 Å². The van der Waals surface area contributed by atoms with E-state index in [9.17, 15) is 13.2 Å². The molecule has 0 spiro atoms. The number of hydrogen-bond acceptors (Lipinski definition) is 2. The average molecular weight is 252 g/mol. The van der Waals surface area contributed by atoms with Gasteiger partial charge in [-0.2, -0.15) is 0 Å². The predicted molar refractivity (Wildman–Crippen MR) is 55.3 cm³/mol. The molecule has 0 aliphatic heterocycles. The van der Waals surface area contributed by atoms with Crippen molar-refractivity contribution in [2.75, 3.05) is 0 Å². The van der Waals surface area contributed by atoms with Gasteiger partial charge in [0, 0.05) is 16.3 Å². The summed E-state index contributed by atoms with van der Waals surface area (Å²) in [5.41, 5.74) is 0.531. The summed E-state index contributed by atoms with van der Waals surface area (Å²) in [5.74, 6) is -0.409. The van der Waals surface area contributed by atoms with Gasteiger partial charge in [-0.1, -0.05) is 18.5 Å². The third-order valence-corrected chi connectivity index (χ3v) is 2.03. The van der Waals surface area contributed by atoms with E-state index in [-0.39, 0.29) is 10.7 Å². The first kappa shape index (κ1) is 12.8. The minimum Gasteiger partial charge on any atom is -0.406 e. The van der Waals surface area contributed by atoms with Crippen molar-refractivity contribution in [3.63, 3.8) is 0 Å². The largest absolute Gasteiger partial charge is 0.573 e. The Bertz CT molecular complexity index is 404. The monoisotopic (exact) mass is 251 g/mol. The molecule has 0 aliphatic rings. The first-order valence-corrected chi connectivity index (χ1v) is 4.83. The fourth-order valence-corrected chi connectivity index (χ4v) is 1.36. The zero-order valence-electron chi connectivity index (χ0n) is 8.36. The van der Waals surface area contributed by atoms with E-state index in [4.69, 9.17) is 17.0 Å². The molecule has 0 atom stereocenters. The SMILES string of the molecule is CCC(=N)c1cc(Cl)cc(OC(F)(F)F)c1. The van der Waals surface area contributed by atoms with Gasteiger partial charge in [-0.15, -0.1) is 13.2 Å². The molecule has 1 aromatic rings. The maximum Gasteiger partial charge on any atom is 0.573 e. The molecule has 1 aromatic carbocycles. The summed E-state index contributed by atoms with van der Waals surface area (Å²) >= 11 is 5.64. The Balaban J connectivity index is 3.03. The van der Waals surface area contributed by atoms with Crippen molar-refractivity contribution in [1.29, 1.82) is 5.41 Å². The lowest BCUT2D eigenvalue weighted by molar-refractivity contribution is -0.274. The summed E-state index contributed by atoms with van der Waals surface area (Å²) in [5, 5.41) is 7.61. The lowest BCUT2D eigenvalue weighted by atomic mass is 10.1. The number of hydrogen-bond donors (Lipinski definition) is 1. The zero-order chi connectivity index (χ0) is 12.3. The Labute approximate surface area is 95.5 Å². The van der Waals surface area contributed by atoms with Crippen molar-refractivity contribution in [2.45, 2.75) is 19.7 Å². The second-order valence-corrected chi connectivity index (χ2v) is 3.49. The van der Waals surface area contributed by atoms with Crippen LogP contribution in [0.1, 0.15) is 18.9 Å². The van der Waals surface area contributed by atoms with Crippen molar-refractivity contribution in [3.8, 4) is 5.75 Å². The predicted octanol–water partition coefficient (Wildman–Crippen LogP) is 4.02. The quantitative estimate of drug-likeness (QED) is 0.809. The number of benzene rings is 1. The van der Waals surface area contributed by atoms with Crippen LogP contribution >= 0.6 is 11.6 Å². The summed E-state index contributed by atoms with van der Waals surface area (Å²) in [6.45, 7) is 1.73. The third-order valence-electron chi connectivity index (χ3n) is 1.81. The number of rotatable bonds is 3. The Morgan fingerprint density at radius 1 is 1.38 bits per heavy atom. The van der Waals surface area contributed by atoms with Crippen LogP contribution in [-0.2, 0) is 0 Å². The summed E-state index contributed by atoms with van der Waals surface area (Å²) in [7, 11) is 0. The molecule has 0 aliphatic carbocycles. The maximum absolute atomic E-state index is 12.0. The molecule has 0 aromatic heterocycles. The van der Waals surface area contributed by atoms with Gasteiger partial charge >= 0.3 is 6.36 Å². The molecule has 0 heterocycles. The Kier molecular flexibility index (Phi) is 3.80. The summed E-state index contributed by atoms with van der Waals surface area (Å²) in [6.07, 6.45) is -4.35. The Hall–Kier alpha value is -1.23. The van der Waals surface area contributed by atoms with Crippen molar-refractivity contribution in [2.24, 2.45) is 0 Å². The maximum atomic E-state index is 12.0. The van der Waals surface area contributed by atoms with Crippen molar-refractivity contribution in [1.82, 2.24) is 0 Å². The van der Waals surface area contributed by atoms with Crippen LogP contribution in [0, 0.1) is 5.41 Å². The molecule has 16 heavy (non-hydrogen) atoms. The average Bonchev–Trinajstić information content (AvgIpc) is 2.12. The molecule has 0 saturated carbocycles. The van der Waals surface area contributed by atoms with Crippen LogP contribution in [0.5, 0.6) is 5.75 Å². The Morgan fingerprint density at radius 2 is 2.00 bits per heavy atom. The highest BCUT2D eigenvalue weighted by molar-refractivity contribution is 6.31. The van der Waals surface area contributed by atoms with Gasteiger partial charge in [0.2, 0.25) is 0 Å². The second-order valence-electron chi connectivity index (χ2n) is 3.06. The van der Waals surface area contributed by atoms with Crippen LogP contribution < -0.4 is 4.74 Å². The van der Waals surface area contributed by atoms with E-state index in [1.807, 2.05) is 0 Å². The number of halogens is 4. The second kappa shape index (κ2) is 4.74. The van der Waals surface area contributed by atoms with E-state index in [2.05, 4.69) is 4.74 Å². The lowest BCUT2D eigenvalue weighted by Crippen LogP contribution is -2.17. The van der Waals surface area contributed by atoms with E-state index in [0.717, 1.165) is 12.1 Å². The molecule has 0 saturated heterocycles. The fraction of sp³-hybridized carbons (Fsp3) is 0.300. The zero-order valence-corrected chi connectivity index (χ0v) is 9.12. The fourth-order valence-electron chi connectivity index (χ4n) is 1.13. The highest BCUT2D eigenvalue weighted by atomic mass is 35.5. The first-order valence-electron chi connectivity index (χ1n) is 4.46. The van der Waals surface area contributed by atoms with Gasteiger partial charge in [0.25, 0.3) is 0 Å². The molecule has 0 radical (unpaired) electrons. The van der Waals surface area contributed by atoms with Crippen molar-refractivity contribution >= 4 is 17.3 Å². The molecular weight excluding hydrogens is 243 g/mol. The van der Waals surface area contributed by atoms with E-state index in [1.165, 1.54) is 6.07 Å². The van der Waals surface area contributed by atoms with Crippen LogP contribution in [0.25, 0.3) is 0 Å². The minimum absolute atomic E-state index is 0.106. The molecular formula is C10H9ClF3NO. The topological polar surface area (TPSA) is 33.1 Å². The van der Waals surface area contributed by atoms with Crippen molar-refractivity contribution < 1.29 is 17.9 Å². The van der Waals surface area contributed by atoms with Gasteiger partial charge in [0.05, 0.1) is 0 Å². The highest BCUT2D eigenvalue weighted by Crippen LogP contribution is 2.27. The van der Waals surface area contributed by atoms with E-state index in [1.54, 1.807) is 6.92 Å². The summed E-state index contributed by atoms with van der Waals surface area (Å²) < 4.78 is 39.6. The van der Waals surface area contributed by atoms with Gasteiger partial charge in [0.1, 0.15) is 5.75 Å². The van der Waals surface area contributed by atoms with E-state index >= 15 is 0 Å². The van der Waals surface area contributed by atoms with Crippen LogP contribution in [0.2, 0.25) is 5.02 Å². The van der Waals surface area contributed by atoms with Crippen molar-refractivity contribution in [3.05, 3.63) is 28.8 Å². The van der Waals surface area contributed by atoms with Gasteiger partial charge in [-0.05, 0) is 24.6 Å². The summed E-state index contributed by atoms with van der Waals surface area (Å²) in [6, 6.07) is 3.63. The number of alkyl halides is 3. The number of nitrogens with one attached hydrogen (secondary N) is 1. The number of ether oxygens (including phenoxy) is 1. The molecule has 0 amide bonds. The van der Waals surface area contributed by atoms with Gasteiger partial charge in [-0.25, -0.2) is 0 Å². The first-order chi connectivity index (χ1) is 7.31. The molecule has 2 nitrogen and oxygen atoms in total. The molecule has 0 bridgehead atoms. The highest BCUT2D eigenvalue weighted by Gasteiger charge is 2.31. The van der Waals surface area contributed by atoms with Crippen LogP contribution in [0.3, 0.4) is 0 Å². The molecule has 1 rings (SSSR count). The van der Waals surface area contributed by atoms with Gasteiger partial charge in [0.15, 0.2) is 0 Å². The molecule has 0 unspecified atom stereocenters. The molecule has 88 valence electrons. The van der Waals surface area contributed by atoms with Crippen LogP contribution in [0.4, 0.5) is 13.2 Å². The lowest BCUT2D eigenvalue weighted by Gasteiger charge is -2.10. The smallest absolute Gasteiger partial charge is 0.406 e. The van der Waals surface area contributed by atoms with E-state index < -0.39 is 12.1 Å². The normalized spacial score (nSPS) is 11.3. The summed E-state index contributed by atoms with van der Waals surface area (Å²) in [4.78, 5) is 0. The van der Waals surface area contributed by atoms with Gasteiger partial charge in [-0.3, -0.25) is 0 Å². The third kappa shape index (κ3) is 3.73. The Morgan fingerprint density at radius 3 is 2.50 bits per heavy atom. The van der Waals surface area contributed by atoms with E-state index in [0.29, 0.717) is 12.0 Å². The molecule has 6 heteroatoms. The van der Waals surface area contributed by atoms with Gasteiger partial charge < -0.3 is 10.1 Å². The minimum atomic E-state index is -4.75. The van der Waals surface area contributed by atoms with Crippen LogP contribution in [0.15, 0.2) is 18.2 Å². The molecule has 1 N–H and O–H groups in total. The molecule has 0 fully saturated rings. The standard InChI is InChI=1S/C10H9ClF3NO/c1-2-9(15)6-3-7(11)5-8(4-6)16-10(12,13)14/h3-5,15H,2H2,1H3.